The van der Waals surface area contributed by atoms with E-state index >= 15 is 0 Å². The SMILES string of the molecule is NCC(CO)(C(=O)O)c1ccccc1. The Bertz CT molecular complexity index is 306. The molecular weight excluding hydrogens is 182 g/mol. The van der Waals surface area contributed by atoms with E-state index < -0.39 is 18.0 Å². The van der Waals surface area contributed by atoms with Crippen molar-refractivity contribution < 1.29 is 15.0 Å². The van der Waals surface area contributed by atoms with Gasteiger partial charge in [-0.25, -0.2) is 0 Å². The second kappa shape index (κ2) is 4.21. The minimum absolute atomic E-state index is 0.122. The van der Waals surface area contributed by atoms with E-state index in [2.05, 4.69) is 0 Å². The normalized spacial score (nSPS) is 14.7. The molecule has 0 aliphatic carbocycles. The highest BCUT2D eigenvalue weighted by Gasteiger charge is 2.38. The zero-order valence-electron chi connectivity index (χ0n) is 7.68. The number of aliphatic hydroxyl groups excluding tert-OH is 1. The third-order valence-corrected chi connectivity index (χ3v) is 2.35. The van der Waals surface area contributed by atoms with Crippen molar-refractivity contribution in [2.24, 2.45) is 5.73 Å². The summed E-state index contributed by atoms with van der Waals surface area (Å²) in [5, 5.41) is 18.2. The van der Waals surface area contributed by atoms with Gasteiger partial charge in [0.1, 0.15) is 5.41 Å². The Labute approximate surface area is 82.0 Å². The fourth-order valence-corrected chi connectivity index (χ4v) is 1.31. The van der Waals surface area contributed by atoms with Gasteiger partial charge in [0.15, 0.2) is 0 Å². The molecule has 0 saturated heterocycles. The minimum atomic E-state index is -1.37. The number of aliphatic hydroxyl groups is 1. The molecule has 4 N–H and O–H groups in total. The Balaban J connectivity index is 3.18. The van der Waals surface area contributed by atoms with Crippen LogP contribution in [0.15, 0.2) is 30.3 Å². The van der Waals surface area contributed by atoms with E-state index in [0.717, 1.165) is 0 Å². The average Bonchev–Trinajstić information content (AvgIpc) is 2.22. The third-order valence-electron chi connectivity index (χ3n) is 2.35. The van der Waals surface area contributed by atoms with Crippen molar-refractivity contribution in [3.8, 4) is 0 Å². The van der Waals surface area contributed by atoms with Crippen LogP contribution < -0.4 is 5.73 Å². The first-order valence-corrected chi connectivity index (χ1v) is 4.27. The molecule has 76 valence electrons. The smallest absolute Gasteiger partial charge is 0.317 e. The Kier molecular flexibility index (Phi) is 3.22. The van der Waals surface area contributed by atoms with Crippen LogP contribution in [0.1, 0.15) is 5.56 Å². The van der Waals surface area contributed by atoms with Crippen LogP contribution in [-0.2, 0) is 10.2 Å². The monoisotopic (exact) mass is 195 g/mol. The molecule has 4 nitrogen and oxygen atoms in total. The van der Waals surface area contributed by atoms with Gasteiger partial charge >= 0.3 is 5.97 Å². The highest BCUT2D eigenvalue weighted by molar-refractivity contribution is 5.82. The van der Waals surface area contributed by atoms with E-state index in [9.17, 15) is 4.79 Å². The van der Waals surface area contributed by atoms with Crippen LogP contribution >= 0.6 is 0 Å². The maximum absolute atomic E-state index is 11.0. The minimum Gasteiger partial charge on any atom is -0.480 e. The van der Waals surface area contributed by atoms with E-state index in [4.69, 9.17) is 15.9 Å². The number of nitrogens with two attached hydrogens (primary N) is 1. The summed E-state index contributed by atoms with van der Waals surface area (Å²) < 4.78 is 0. The van der Waals surface area contributed by atoms with Crippen LogP contribution in [0, 0.1) is 0 Å². The Morgan fingerprint density at radius 2 is 1.93 bits per heavy atom. The van der Waals surface area contributed by atoms with Crippen LogP contribution in [-0.4, -0.2) is 29.3 Å². The molecule has 0 aromatic heterocycles. The Hall–Kier alpha value is -1.39. The van der Waals surface area contributed by atoms with Gasteiger partial charge in [0.2, 0.25) is 0 Å². The number of hydrogen-bond donors (Lipinski definition) is 3. The number of rotatable bonds is 4. The quantitative estimate of drug-likeness (QED) is 0.629. The van der Waals surface area contributed by atoms with Crippen LogP contribution in [0.2, 0.25) is 0 Å². The number of aliphatic carboxylic acids is 1. The zero-order valence-corrected chi connectivity index (χ0v) is 7.68. The van der Waals surface area contributed by atoms with E-state index in [0.29, 0.717) is 5.56 Å². The lowest BCUT2D eigenvalue weighted by Gasteiger charge is -2.25. The molecule has 0 radical (unpaired) electrons. The van der Waals surface area contributed by atoms with Crippen molar-refractivity contribution in [1.82, 2.24) is 0 Å². The molecule has 0 bridgehead atoms. The molecule has 4 heteroatoms. The van der Waals surface area contributed by atoms with Gasteiger partial charge in [0, 0.05) is 6.54 Å². The Morgan fingerprint density at radius 1 is 1.36 bits per heavy atom. The second-order valence-corrected chi connectivity index (χ2v) is 3.12. The molecule has 0 aliphatic heterocycles. The molecule has 0 fully saturated rings. The van der Waals surface area contributed by atoms with Crippen molar-refractivity contribution in [2.45, 2.75) is 5.41 Å². The van der Waals surface area contributed by atoms with Gasteiger partial charge in [-0.05, 0) is 5.56 Å². The number of hydrogen-bond acceptors (Lipinski definition) is 3. The average molecular weight is 195 g/mol. The largest absolute Gasteiger partial charge is 0.480 e. The van der Waals surface area contributed by atoms with Crippen LogP contribution in [0.3, 0.4) is 0 Å². The number of carbonyl (C=O) groups is 1. The zero-order chi connectivity index (χ0) is 10.6. The van der Waals surface area contributed by atoms with Crippen LogP contribution in [0.25, 0.3) is 0 Å². The van der Waals surface area contributed by atoms with Gasteiger partial charge in [-0.2, -0.15) is 0 Å². The summed E-state index contributed by atoms with van der Waals surface area (Å²) in [6.07, 6.45) is 0. The van der Waals surface area contributed by atoms with Crippen molar-refractivity contribution in [2.75, 3.05) is 13.2 Å². The predicted octanol–water partition coefficient (Wildman–Crippen LogP) is -0.0400. The third kappa shape index (κ3) is 1.62. The Morgan fingerprint density at radius 3 is 2.29 bits per heavy atom. The fraction of sp³-hybridized carbons (Fsp3) is 0.300. The van der Waals surface area contributed by atoms with Gasteiger partial charge < -0.3 is 15.9 Å². The molecule has 0 amide bonds. The molecule has 0 heterocycles. The predicted molar refractivity (Wildman–Crippen MR) is 51.9 cm³/mol. The van der Waals surface area contributed by atoms with Crippen molar-refractivity contribution in [3.05, 3.63) is 35.9 Å². The first-order chi connectivity index (χ1) is 6.67. The standard InChI is InChI=1S/C10H13NO3/c11-6-10(7-12,9(13)14)8-4-2-1-3-5-8/h1-5,12H,6-7,11H2,(H,13,14). The van der Waals surface area contributed by atoms with Gasteiger partial charge in [0.25, 0.3) is 0 Å². The molecule has 14 heavy (non-hydrogen) atoms. The van der Waals surface area contributed by atoms with Crippen molar-refractivity contribution in [3.63, 3.8) is 0 Å². The van der Waals surface area contributed by atoms with E-state index in [1.807, 2.05) is 0 Å². The number of benzene rings is 1. The summed E-state index contributed by atoms with van der Waals surface area (Å²) in [5.74, 6) is -1.10. The summed E-state index contributed by atoms with van der Waals surface area (Å²) in [4.78, 5) is 11.0. The summed E-state index contributed by atoms with van der Waals surface area (Å²) >= 11 is 0. The molecule has 1 atom stereocenters. The molecule has 1 rings (SSSR count). The maximum Gasteiger partial charge on any atom is 0.317 e. The molecule has 0 aliphatic rings. The van der Waals surface area contributed by atoms with Gasteiger partial charge in [0.05, 0.1) is 6.61 Å². The lowest BCUT2D eigenvalue weighted by Crippen LogP contribution is -2.46. The maximum atomic E-state index is 11.0. The first-order valence-electron chi connectivity index (χ1n) is 4.27. The summed E-state index contributed by atoms with van der Waals surface area (Å²) in [7, 11) is 0. The number of carboxylic acids is 1. The summed E-state index contributed by atoms with van der Waals surface area (Å²) in [6.45, 7) is -0.619. The second-order valence-electron chi connectivity index (χ2n) is 3.12. The van der Waals surface area contributed by atoms with Crippen molar-refractivity contribution >= 4 is 5.97 Å². The molecule has 0 spiro atoms. The number of carboxylic acid groups (broad SMARTS) is 1. The molecule has 1 unspecified atom stereocenters. The molecular formula is C10H13NO3. The van der Waals surface area contributed by atoms with Crippen molar-refractivity contribution in [1.29, 1.82) is 0 Å². The van der Waals surface area contributed by atoms with E-state index in [1.54, 1.807) is 30.3 Å². The van der Waals surface area contributed by atoms with E-state index in [-0.39, 0.29) is 6.54 Å². The van der Waals surface area contributed by atoms with Gasteiger partial charge in [-0.3, -0.25) is 4.79 Å². The first kappa shape index (κ1) is 10.7. The fourth-order valence-electron chi connectivity index (χ4n) is 1.31. The van der Waals surface area contributed by atoms with Gasteiger partial charge in [-0.1, -0.05) is 30.3 Å². The highest BCUT2D eigenvalue weighted by atomic mass is 16.4. The lowest BCUT2D eigenvalue weighted by atomic mass is 9.81. The summed E-state index contributed by atoms with van der Waals surface area (Å²) in [5.41, 5.74) is 4.56. The topological polar surface area (TPSA) is 83.5 Å². The van der Waals surface area contributed by atoms with Gasteiger partial charge in [-0.15, -0.1) is 0 Å². The molecule has 1 aromatic rings. The van der Waals surface area contributed by atoms with Crippen LogP contribution in [0.4, 0.5) is 0 Å². The summed E-state index contributed by atoms with van der Waals surface area (Å²) in [6, 6.07) is 8.52. The van der Waals surface area contributed by atoms with Crippen LogP contribution in [0.5, 0.6) is 0 Å². The molecule has 1 aromatic carbocycles. The molecule has 0 saturated carbocycles. The highest BCUT2D eigenvalue weighted by Crippen LogP contribution is 2.22. The lowest BCUT2D eigenvalue weighted by molar-refractivity contribution is -0.145. The van der Waals surface area contributed by atoms with E-state index in [1.165, 1.54) is 0 Å².